The molecule has 3 aromatic rings. The molecule has 0 bridgehead atoms. The van der Waals surface area contributed by atoms with E-state index < -0.39 is 0 Å². The Morgan fingerprint density at radius 2 is 2.04 bits per heavy atom. The lowest BCUT2D eigenvalue weighted by molar-refractivity contribution is -0.120. The van der Waals surface area contributed by atoms with Crippen LogP contribution >= 0.6 is 11.3 Å². The Hall–Kier alpha value is -2.51. The fraction of sp³-hybridized carbons (Fsp3) is 0.350. The minimum absolute atomic E-state index is 0.0258. The first-order valence-corrected chi connectivity index (χ1v) is 10.0. The summed E-state index contributed by atoms with van der Waals surface area (Å²) in [4.78, 5) is 21.6. The number of rotatable bonds is 10. The number of anilines is 1. The van der Waals surface area contributed by atoms with E-state index >= 15 is 0 Å². The van der Waals surface area contributed by atoms with E-state index in [-0.39, 0.29) is 5.91 Å². The fourth-order valence-corrected chi connectivity index (χ4v) is 3.68. The van der Waals surface area contributed by atoms with Crippen LogP contribution in [0.4, 0.5) is 5.82 Å². The minimum Gasteiger partial charge on any atom is -0.382 e. The molecule has 7 heteroatoms. The van der Waals surface area contributed by atoms with Gasteiger partial charge in [0.1, 0.15) is 17.0 Å². The molecular formula is C20H24N4O2S. The molecular weight excluding hydrogens is 360 g/mol. The van der Waals surface area contributed by atoms with Gasteiger partial charge in [0.25, 0.3) is 0 Å². The molecule has 0 aliphatic carbocycles. The van der Waals surface area contributed by atoms with Crippen LogP contribution in [0.25, 0.3) is 21.3 Å². The van der Waals surface area contributed by atoms with Gasteiger partial charge in [-0.05, 0) is 18.9 Å². The van der Waals surface area contributed by atoms with Gasteiger partial charge in [0.2, 0.25) is 5.91 Å². The zero-order valence-corrected chi connectivity index (χ0v) is 16.2. The molecule has 0 spiro atoms. The first-order chi connectivity index (χ1) is 13.3. The van der Waals surface area contributed by atoms with Crippen LogP contribution < -0.4 is 10.6 Å². The highest BCUT2D eigenvalue weighted by molar-refractivity contribution is 7.17. The molecule has 1 aromatic carbocycles. The number of fused-ring (bicyclic) bond motifs is 1. The van der Waals surface area contributed by atoms with Crippen molar-refractivity contribution in [2.75, 3.05) is 31.6 Å². The van der Waals surface area contributed by atoms with Crippen molar-refractivity contribution in [1.29, 1.82) is 0 Å². The Kier molecular flexibility index (Phi) is 7.12. The molecule has 0 fully saturated rings. The van der Waals surface area contributed by atoms with Gasteiger partial charge in [-0.25, -0.2) is 9.97 Å². The summed E-state index contributed by atoms with van der Waals surface area (Å²) in [6, 6.07) is 10.2. The van der Waals surface area contributed by atoms with Crippen LogP contribution in [0.5, 0.6) is 0 Å². The Balaban J connectivity index is 1.59. The van der Waals surface area contributed by atoms with Crippen molar-refractivity contribution in [3.8, 4) is 11.1 Å². The lowest BCUT2D eigenvalue weighted by Gasteiger charge is -2.09. The average Bonchev–Trinajstić information content (AvgIpc) is 3.13. The molecule has 1 amide bonds. The molecule has 6 nitrogen and oxygen atoms in total. The van der Waals surface area contributed by atoms with Gasteiger partial charge in [0, 0.05) is 43.7 Å². The number of carbonyl (C=O) groups is 1. The fourth-order valence-electron chi connectivity index (χ4n) is 2.77. The largest absolute Gasteiger partial charge is 0.382 e. The number of thiophene rings is 1. The molecule has 0 unspecified atom stereocenters. The third-order valence-corrected chi connectivity index (χ3v) is 4.98. The van der Waals surface area contributed by atoms with Crippen LogP contribution in [0, 0.1) is 0 Å². The topological polar surface area (TPSA) is 76.1 Å². The molecule has 27 heavy (non-hydrogen) atoms. The van der Waals surface area contributed by atoms with Crippen molar-refractivity contribution in [3.63, 3.8) is 0 Å². The van der Waals surface area contributed by atoms with Crippen LogP contribution in [-0.4, -0.2) is 42.2 Å². The maximum atomic E-state index is 11.9. The van der Waals surface area contributed by atoms with Gasteiger partial charge in [-0.3, -0.25) is 4.79 Å². The summed E-state index contributed by atoms with van der Waals surface area (Å²) in [6.45, 7) is 4.50. The van der Waals surface area contributed by atoms with Crippen molar-refractivity contribution in [2.45, 2.75) is 19.8 Å². The molecule has 0 saturated carbocycles. The van der Waals surface area contributed by atoms with E-state index in [0.29, 0.717) is 32.7 Å². The number of aromatic nitrogens is 2. The second kappa shape index (κ2) is 9.99. The van der Waals surface area contributed by atoms with Gasteiger partial charge in [-0.2, -0.15) is 0 Å². The second-order valence-corrected chi connectivity index (χ2v) is 6.85. The van der Waals surface area contributed by atoms with Crippen LogP contribution in [0.3, 0.4) is 0 Å². The third-order valence-electron chi connectivity index (χ3n) is 4.09. The molecule has 142 valence electrons. The number of hydrogen-bond donors (Lipinski definition) is 2. The second-order valence-electron chi connectivity index (χ2n) is 6.00. The van der Waals surface area contributed by atoms with Crippen molar-refractivity contribution in [1.82, 2.24) is 15.3 Å². The summed E-state index contributed by atoms with van der Waals surface area (Å²) in [5.41, 5.74) is 2.24. The highest BCUT2D eigenvalue weighted by Crippen LogP contribution is 2.36. The van der Waals surface area contributed by atoms with E-state index in [2.05, 4.69) is 38.1 Å². The van der Waals surface area contributed by atoms with E-state index in [1.807, 2.05) is 25.1 Å². The molecule has 2 N–H and O–H groups in total. The first-order valence-electron chi connectivity index (χ1n) is 9.15. The quantitative estimate of drug-likeness (QED) is 0.521. The Bertz CT molecular complexity index is 867. The molecule has 0 aliphatic heterocycles. The highest BCUT2D eigenvalue weighted by atomic mass is 32.1. The molecule has 2 aromatic heterocycles. The van der Waals surface area contributed by atoms with Gasteiger partial charge in [0.15, 0.2) is 0 Å². The van der Waals surface area contributed by atoms with Crippen molar-refractivity contribution in [2.24, 2.45) is 0 Å². The highest BCUT2D eigenvalue weighted by Gasteiger charge is 2.13. The van der Waals surface area contributed by atoms with E-state index in [4.69, 9.17) is 4.74 Å². The molecule has 0 aliphatic rings. The number of amides is 1. The Morgan fingerprint density at radius 3 is 2.85 bits per heavy atom. The van der Waals surface area contributed by atoms with E-state index in [9.17, 15) is 4.79 Å². The average molecular weight is 385 g/mol. The van der Waals surface area contributed by atoms with Gasteiger partial charge in [-0.1, -0.05) is 30.3 Å². The van der Waals surface area contributed by atoms with E-state index in [0.717, 1.165) is 33.6 Å². The maximum Gasteiger partial charge on any atom is 0.221 e. The monoisotopic (exact) mass is 384 g/mol. The van der Waals surface area contributed by atoms with Gasteiger partial charge in [-0.15, -0.1) is 11.3 Å². The van der Waals surface area contributed by atoms with Crippen molar-refractivity contribution >= 4 is 33.3 Å². The summed E-state index contributed by atoms with van der Waals surface area (Å²) in [5.74, 6) is 0.794. The van der Waals surface area contributed by atoms with Crippen LogP contribution in [0.2, 0.25) is 0 Å². The van der Waals surface area contributed by atoms with Gasteiger partial charge >= 0.3 is 0 Å². The predicted molar refractivity (Wildman–Crippen MR) is 110 cm³/mol. The molecule has 0 saturated heterocycles. The van der Waals surface area contributed by atoms with Crippen LogP contribution in [-0.2, 0) is 9.53 Å². The van der Waals surface area contributed by atoms with Crippen LogP contribution in [0.1, 0.15) is 19.8 Å². The van der Waals surface area contributed by atoms with E-state index in [1.165, 1.54) is 0 Å². The SMILES string of the molecule is CCOCCCNC(=O)CCNc1ncnc2scc(-c3ccccc3)c12. The summed E-state index contributed by atoms with van der Waals surface area (Å²) < 4.78 is 5.26. The van der Waals surface area contributed by atoms with Crippen molar-refractivity contribution < 1.29 is 9.53 Å². The minimum atomic E-state index is 0.0258. The first kappa shape index (κ1) is 19.3. The van der Waals surface area contributed by atoms with Gasteiger partial charge in [0.05, 0.1) is 5.39 Å². The third kappa shape index (κ3) is 5.24. The zero-order chi connectivity index (χ0) is 18.9. The van der Waals surface area contributed by atoms with E-state index in [1.54, 1.807) is 17.7 Å². The number of carbonyl (C=O) groups excluding carboxylic acids is 1. The Morgan fingerprint density at radius 1 is 1.19 bits per heavy atom. The molecule has 0 radical (unpaired) electrons. The normalized spacial score (nSPS) is 10.9. The van der Waals surface area contributed by atoms with Crippen LogP contribution in [0.15, 0.2) is 42.0 Å². The molecule has 2 heterocycles. The number of ether oxygens (including phenoxy) is 1. The summed E-state index contributed by atoms with van der Waals surface area (Å²) >= 11 is 1.60. The lowest BCUT2D eigenvalue weighted by Crippen LogP contribution is -2.27. The maximum absolute atomic E-state index is 11.9. The zero-order valence-electron chi connectivity index (χ0n) is 15.4. The number of benzene rings is 1. The van der Waals surface area contributed by atoms with Crippen molar-refractivity contribution in [3.05, 3.63) is 42.0 Å². The van der Waals surface area contributed by atoms with Gasteiger partial charge < -0.3 is 15.4 Å². The molecule has 3 rings (SSSR count). The summed E-state index contributed by atoms with van der Waals surface area (Å²) in [6.07, 6.45) is 2.78. The summed E-state index contributed by atoms with van der Waals surface area (Å²) in [5, 5.41) is 9.31. The number of nitrogens with one attached hydrogen (secondary N) is 2. The number of nitrogens with zero attached hydrogens (tertiary/aromatic N) is 2. The summed E-state index contributed by atoms with van der Waals surface area (Å²) in [7, 11) is 0. The molecule has 0 atom stereocenters. The number of hydrogen-bond acceptors (Lipinski definition) is 6. The smallest absolute Gasteiger partial charge is 0.221 e. The predicted octanol–water partition coefficient (Wildman–Crippen LogP) is 3.70. The standard InChI is InChI=1S/C20H24N4O2S/c1-2-26-12-6-10-21-17(25)9-11-22-19-18-16(15-7-4-3-5-8-15)13-27-20(18)24-14-23-19/h3-5,7-8,13-14H,2,6,9-12H2,1H3,(H,21,25)(H,22,23,24). The lowest BCUT2D eigenvalue weighted by atomic mass is 10.1. The Labute approximate surface area is 163 Å².